The van der Waals surface area contributed by atoms with Gasteiger partial charge in [-0.2, -0.15) is 15.3 Å². The molecule has 10 rings (SSSR count). The third-order valence-corrected chi connectivity index (χ3v) is 12.0. The first-order chi connectivity index (χ1) is 34.1. The molecule has 2 aliphatic rings. The molecule has 8 aromatic rings. The molecule has 0 radical (unpaired) electrons. The number of carbonyl (C=O) groups is 3. The van der Waals surface area contributed by atoms with Gasteiger partial charge < -0.3 is 24.7 Å². The maximum Gasteiger partial charge on any atom is 0.300 e. The predicted octanol–water partition coefficient (Wildman–Crippen LogP) is 5.70. The number of carboxylic acid groups (broad SMARTS) is 1. The lowest BCUT2D eigenvalue weighted by Gasteiger charge is -2.36. The van der Waals surface area contributed by atoms with E-state index in [0.717, 1.165) is 91.6 Å². The minimum absolute atomic E-state index is 0.0172. The summed E-state index contributed by atoms with van der Waals surface area (Å²) in [4.78, 5) is 44.8. The Labute approximate surface area is 420 Å². The number of pyridine rings is 3. The SMILES string of the molecule is CC(=O)O.Cc1cc(N2CCN(C(=O)CCl)CC2)ccc1Cl.Cc1cc(N2CCN(C(=O)Cn3ncc4cc[n+](O)cc43)CC2)c(F)cc1Cl.OO.O[n+]1ccc2cn[nH]c2c1.c1cc2cn[nH]c2cn1. The number of halogens is 4. The van der Waals surface area contributed by atoms with Crippen LogP contribution in [0.4, 0.5) is 15.8 Å². The van der Waals surface area contributed by atoms with Crippen molar-refractivity contribution < 1.29 is 54.3 Å². The van der Waals surface area contributed by atoms with Gasteiger partial charge in [0.15, 0.2) is 0 Å². The van der Waals surface area contributed by atoms with E-state index in [2.05, 4.69) is 41.4 Å². The molecule has 0 bridgehead atoms. The molecule has 0 saturated carbocycles. The number of aromatic nitrogens is 9. The van der Waals surface area contributed by atoms with Gasteiger partial charge in [0.2, 0.25) is 36.6 Å². The number of hydrogen-bond acceptors (Lipinski definition) is 13. The number of H-pyrrole nitrogens is 2. The highest BCUT2D eigenvalue weighted by Crippen LogP contribution is 2.28. The number of rotatable bonds is 5. The third-order valence-electron chi connectivity index (χ3n) is 10.9. The van der Waals surface area contributed by atoms with Crippen molar-refractivity contribution in [2.75, 3.05) is 68.0 Å². The third kappa shape index (κ3) is 15.6. The van der Waals surface area contributed by atoms with Crippen molar-refractivity contribution >= 4 is 96.7 Å². The highest BCUT2D eigenvalue weighted by molar-refractivity contribution is 6.31. The summed E-state index contributed by atoms with van der Waals surface area (Å²) in [6.07, 6.45) is 14.8. The molecule has 2 saturated heterocycles. The fourth-order valence-electron chi connectivity index (χ4n) is 7.22. The zero-order valence-electron chi connectivity index (χ0n) is 38.8. The van der Waals surface area contributed by atoms with E-state index in [-0.39, 0.29) is 30.1 Å². The largest absolute Gasteiger partial charge is 0.481 e. The van der Waals surface area contributed by atoms with Crippen LogP contribution in [0, 0.1) is 19.7 Å². The first-order valence-corrected chi connectivity index (χ1v) is 22.9. The minimum atomic E-state index is -0.833. The molecule has 376 valence electrons. The Morgan fingerprint density at radius 1 is 0.704 bits per heavy atom. The van der Waals surface area contributed by atoms with Crippen LogP contribution in [0.2, 0.25) is 10.0 Å². The van der Waals surface area contributed by atoms with E-state index in [0.29, 0.717) is 42.4 Å². The maximum absolute atomic E-state index is 14.3. The minimum Gasteiger partial charge on any atom is -0.481 e. The van der Waals surface area contributed by atoms with Crippen molar-refractivity contribution in [3.8, 4) is 0 Å². The van der Waals surface area contributed by atoms with Gasteiger partial charge in [-0.15, -0.1) is 11.6 Å². The topological polar surface area (TPSA) is 261 Å². The highest BCUT2D eigenvalue weighted by atomic mass is 35.5. The number of benzene rings is 2. The number of aromatic amines is 2. The Kier molecular flexibility index (Phi) is 20.4. The Balaban J connectivity index is 0.000000185. The molecule has 21 nitrogen and oxygen atoms in total. The molecule has 0 spiro atoms. The van der Waals surface area contributed by atoms with Crippen LogP contribution in [0.25, 0.3) is 32.7 Å². The van der Waals surface area contributed by atoms with E-state index < -0.39 is 5.97 Å². The summed E-state index contributed by atoms with van der Waals surface area (Å²) in [7, 11) is 0. The number of hydrogen-bond donors (Lipinski definition) is 7. The van der Waals surface area contributed by atoms with E-state index in [9.17, 15) is 19.2 Å². The van der Waals surface area contributed by atoms with Crippen LogP contribution in [-0.4, -0.2) is 147 Å². The number of piperazine rings is 2. The predicted molar refractivity (Wildman–Crippen MR) is 264 cm³/mol. The lowest BCUT2D eigenvalue weighted by Crippen LogP contribution is -2.50. The van der Waals surface area contributed by atoms with Crippen molar-refractivity contribution in [3.05, 3.63) is 131 Å². The van der Waals surface area contributed by atoms with Gasteiger partial charge in [-0.25, -0.2) is 9.07 Å². The zero-order valence-corrected chi connectivity index (χ0v) is 41.0. The average Bonchev–Trinajstić information content (AvgIpc) is 4.15. The van der Waals surface area contributed by atoms with Gasteiger partial charge >= 0.3 is 0 Å². The van der Waals surface area contributed by atoms with Gasteiger partial charge in [0.05, 0.1) is 36.0 Å². The number of alkyl halides is 1. The number of aryl methyl sites for hydroxylation is 2. The molecular weight excluding hydrogens is 988 g/mol. The summed E-state index contributed by atoms with van der Waals surface area (Å²) in [5.74, 6) is -1.16. The van der Waals surface area contributed by atoms with Crippen LogP contribution in [-0.2, 0) is 20.9 Å². The summed E-state index contributed by atoms with van der Waals surface area (Å²) in [6, 6.07) is 14.5. The number of carbonyl (C=O) groups excluding carboxylic acids is 2. The molecule has 8 heterocycles. The van der Waals surface area contributed by atoms with Crippen LogP contribution < -0.4 is 19.3 Å². The van der Waals surface area contributed by atoms with Gasteiger partial charge in [0.1, 0.15) is 29.3 Å². The molecule has 6 aromatic heterocycles. The van der Waals surface area contributed by atoms with Crippen molar-refractivity contribution in [1.82, 2.24) is 45.0 Å². The Morgan fingerprint density at radius 2 is 1.27 bits per heavy atom. The molecule has 2 aliphatic heterocycles. The smallest absolute Gasteiger partial charge is 0.300 e. The number of nitrogens with zero attached hydrogens (tertiary/aromatic N) is 11. The molecule has 0 atom stereocenters. The van der Waals surface area contributed by atoms with Gasteiger partial charge in [-0.1, -0.05) is 23.2 Å². The van der Waals surface area contributed by atoms with Crippen LogP contribution in [0.15, 0.2) is 104 Å². The van der Waals surface area contributed by atoms with E-state index >= 15 is 0 Å². The number of aliphatic carboxylic acids is 1. The second kappa shape index (κ2) is 26.6. The summed E-state index contributed by atoms with van der Waals surface area (Å²) in [6.45, 7) is 10.2. The first kappa shape index (κ1) is 54.6. The lowest BCUT2D eigenvalue weighted by atomic mass is 10.1. The quantitative estimate of drug-likeness (QED) is 0.0359. The summed E-state index contributed by atoms with van der Waals surface area (Å²) in [5, 5.41) is 59.5. The van der Waals surface area contributed by atoms with Crippen molar-refractivity contribution in [3.63, 3.8) is 0 Å². The van der Waals surface area contributed by atoms with E-state index in [1.165, 1.54) is 18.5 Å². The number of carboxylic acids is 1. The highest BCUT2D eigenvalue weighted by Gasteiger charge is 2.25. The molecule has 25 heteroatoms. The number of amides is 2. The molecule has 0 unspecified atom stereocenters. The number of anilines is 2. The van der Waals surface area contributed by atoms with Crippen LogP contribution in [0.3, 0.4) is 0 Å². The average molecular weight is 1040 g/mol. The summed E-state index contributed by atoms with van der Waals surface area (Å²) < 4.78 is 17.8. The molecule has 7 N–H and O–H groups in total. The maximum atomic E-state index is 14.3. The summed E-state index contributed by atoms with van der Waals surface area (Å²) in [5.41, 5.74) is 6.06. The van der Waals surface area contributed by atoms with E-state index in [1.807, 2.05) is 41.8 Å². The van der Waals surface area contributed by atoms with E-state index in [1.54, 1.807) is 71.2 Å². The van der Waals surface area contributed by atoms with Crippen LogP contribution in [0.1, 0.15) is 18.1 Å². The fourth-order valence-corrected chi connectivity index (χ4v) is 7.66. The monoisotopic (exact) mass is 1040 g/mol. The standard InChI is InChI=1S/C19H20ClFN5O2.C13H16Cl2N2O.C6H5N3O.C6H5N3.C2H4O2.H2O2/c1-13-8-17(16(21)9-15(13)20)23-4-6-24(7-5-23)19(27)12-26-18-11-25(28)3-2-14(18)10-22-26;1-10-8-11(2-3-12(10)15)16-4-6-17(7-5-16)13(18)9-14;10-9-2-1-5-3-7-8-6(5)4-9;1-2-7-4-6-5(1)3-8-9-6;1-2(3)4;1-2/h2-3,8-11,28H,4-7,12H2,1H3;2-3,8H,4-7,9H2,1H3;1-4,10H;1-4H,(H,8,9);1H3,(H,3,4);1-2H/q+1;;;;;/p+1. The fraction of sp³-hybridized carbons (Fsp3) is 0.283. The van der Waals surface area contributed by atoms with Crippen molar-refractivity contribution in [1.29, 1.82) is 0 Å². The number of fused-ring (bicyclic) bond motifs is 3. The van der Waals surface area contributed by atoms with Gasteiger partial charge in [0.25, 0.3) is 5.97 Å². The van der Waals surface area contributed by atoms with Crippen molar-refractivity contribution in [2.45, 2.75) is 27.3 Å². The zero-order chi connectivity index (χ0) is 51.6. The summed E-state index contributed by atoms with van der Waals surface area (Å²) >= 11 is 17.5. The molecule has 2 fully saturated rings. The first-order valence-electron chi connectivity index (χ1n) is 21.7. The Hall–Kier alpha value is -7.37. The molecule has 0 aliphatic carbocycles. The van der Waals surface area contributed by atoms with Gasteiger partial charge in [-0.05, 0) is 61.4 Å². The second-order valence-corrected chi connectivity index (χ2v) is 16.8. The molecule has 2 amide bonds. The number of nitrogens with one attached hydrogen (secondary N) is 2. The molecular formula is C46H53Cl3FN13O8+2. The molecule has 71 heavy (non-hydrogen) atoms. The van der Waals surface area contributed by atoms with Gasteiger partial charge in [-0.3, -0.25) is 50.5 Å². The lowest BCUT2D eigenvalue weighted by molar-refractivity contribution is -0.904. The second-order valence-electron chi connectivity index (χ2n) is 15.7. The molecule has 2 aromatic carbocycles. The van der Waals surface area contributed by atoms with Crippen molar-refractivity contribution in [2.24, 2.45) is 0 Å². The Morgan fingerprint density at radius 3 is 1.89 bits per heavy atom. The van der Waals surface area contributed by atoms with E-state index in [4.69, 9.17) is 60.4 Å². The van der Waals surface area contributed by atoms with Crippen LogP contribution >= 0.6 is 34.8 Å². The van der Waals surface area contributed by atoms with Crippen LogP contribution in [0.5, 0.6) is 0 Å². The van der Waals surface area contributed by atoms with Gasteiger partial charge in [0, 0.05) is 119 Å². The Bertz CT molecular complexity index is 2980. The normalized spacial score (nSPS) is 13.0.